The SMILES string of the molecule is CCCC1CCC(N)C(CN(C)Cc2ccccc2F)C1. The van der Waals surface area contributed by atoms with Gasteiger partial charge >= 0.3 is 0 Å². The van der Waals surface area contributed by atoms with Gasteiger partial charge in [-0.2, -0.15) is 0 Å². The minimum absolute atomic E-state index is 0.110. The van der Waals surface area contributed by atoms with Crippen LogP contribution >= 0.6 is 0 Å². The number of hydrogen-bond acceptors (Lipinski definition) is 2. The molecule has 118 valence electrons. The van der Waals surface area contributed by atoms with Gasteiger partial charge in [-0.3, -0.25) is 0 Å². The Morgan fingerprint density at radius 3 is 2.76 bits per heavy atom. The molecule has 0 spiro atoms. The summed E-state index contributed by atoms with van der Waals surface area (Å²) in [7, 11) is 2.07. The maximum absolute atomic E-state index is 13.7. The smallest absolute Gasteiger partial charge is 0.127 e. The highest BCUT2D eigenvalue weighted by Gasteiger charge is 2.28. The first-order valence-corrected chi connectivity index (χ1v) is 8.27. The molecule has 3 heteroatoms. The highest BCUT2D eigenvalue weighted by Crippen LogP contribution is 2.31. The maximum Gasteiger partial charge on any atom is 0.127 e. The molecule has 1 aliphatic carbocycles. The quantitative estimate of drug-likeness (QED) is 0.864. The predicted molar refractivity (Wildman–Crippen MR) is 86.4 cm³/mol. The Hall–Kier alpha value is -0.930. The van der Waals surface area contributed by atoms with Gasteiger partial charge in [0, 0.05) is 24.7 Å². The first-order chi connectivity index (χ1) is 10.1. The van der Waals surface area contributed by atoms with Crippen LogP contribution < -0.4 is 5.73 Å². The number of benzene rings is 1. The van der Waals surface area contributed by atoms with E-state index in [0.29, 0.717) is 18.5 Å². The lowest BCUT2D eigenvalue weighted by Gasteiger charge is -2.36. The Labute approximate surface area is 128 Å². The van der Waals surface area contributed by atoms with Gasteiger partial charge < -0.3 is 10.6 Å². The molecule has 0 saturated heterocycles. The standard InChI is InChI=1S/C18H29FN2/c1-3-6-14-9-10-18(20)16(11-14)13-21(2)12-15-7-4-5-8-17(15)19/h4-5,7-8,14,16,18H,3,6,9-13,20H2,1-2H3. The van der Waals surface area contributed by atoms with Gasteiger partial charge in [-0.1, -0.05) is 38.0 Å². The summed E-state index contributed by atoms with van der Waals surface area (Å²) in [5.41, 5.74) is 7.08. The molecule has 0 aromatic heterocycles. The number of rotatable bonds is 6. The predicted octanol–water partition coefficient (Wildman–Crippen LogP) is 3.80. The van der Waals surface area contributed by atoms with Crippen LogP contribution in [0.5, 0.6) is 0 Å². The van der Waals surface area contributed by atoms with Crippen molar-refractivity contribution in [3.63, 3.8) is 0 Å². The van der Waals surface area contributed by atoms with Crippen LogP contribution in [0.15, 0.2) is 24.3 Å². The molecule has 1 saturated carbocycles. The molecular weight excluding hydrogens is 263 g/mol. The van der Waals surface area contributed by atoms with Crippen molar-refractivity contribution in [3.8, 4) is 0 Å². The minimum Gasteiger partial charge on any atom is -0.327 e. The summed E-state index contributed by atoms with van der Waals surface area (Å²) in [6.45, 7) is 3.89. The average molecular weight is 292 g/mol. The molecule has 2 N–H and O–H groups in total. The first kappa shape index (κ1) is 16.4. The topological polar surface area (TPSA) is 29.3 Å². The Kier molecular flexibility index (Phi) is 6.19. The second kappa shape index (κ2) is 7.90. The second-order valence-electron chi connectivity index (χ2n) is 6.68. The van der Waals surface area contributed by atoms with Crippen LogP contribution in [0.2, 0.25) is 0 Å². The van der Waals surface area contributed by atoms with Crippen molar-refractivity contribution in [1.82, 2.24) is 4.90 Å². The molecule has 21 heavy (non-hydrogen) atoms. The van der Waals surface area contributed by atoms with E-state index in [1.807, 2.05) is 12.1 Å². The van der Waals surface area contributed by atoms with Crippen LogP contribution in [-0.2, 0) is 6.54 Å². The molecule has 2 nitrogen and oxygen atoms in total. The molecule has 0 amide bonds. The molecule has 0 aliphatic heterocycles. The van der Waals surface area contributed by atoms with Crippen molar-refractivity contribution < 1.29 is 4.39 Å². The molecule has 1 aromatic carbocycles. The minimum atomic E-state index is -0.110. The molecule has 1 aliphatic rings. The van der Waals surface area contributed by atoms with Crippen molar-refractivity contribution in [3.05, 3.63) is 35.6 Å². The van der Waals surface area contributed by atoms with Crippen LogP contribution in [0.3, 0.4) is 0 Å². The third-order valence-electron chi connectivity index (χ3n) is 4.79. The molecule has 0 bridgehead atoms. The summed E-state index contributed by atoms with van der Waals surface area (Å²) >= 11 is 0. The molecule has 1 aromatic rings. The van der Waals surface area contributed by atoms with E-state index < -0.39 is 0 Å². The van der Waals surface area contributed by atoms with E-state index in [0.717, 1.165) is 24.4 Å². The molecule has 3 atom stereocenters. The fourth-order valence-electron chi connectivity index (χ4n) is 3.65. The average Bonchev–Trinajstić information content (AvgIpc) is 2.45. The van der Waals surface area contributed by atoms with Gasteiger partial charge in [0.1, 0.15) is 5.82 Å². The zero-order chi connectivity index (χ0) is 15.2. The second-order valence-corrected chi connectivity index (χ2v) is 6.68. The van der Waals surface area contributed by atoms with E-state index in [1.54, 1.807) is 6.07 Å². The van der Waals surface area contributed by atoms with E-state index in [-0.39, 0.29) is 5.82 Å². The molecule has 1 fully saturated rings. The molecule has 0 radical (unpaired) electrons. The van der Waals surface area contributed by atoms with Crippen LogP contribution in [0.25, 0.3) is 0 Å². The van der Waals surface area contributed by atoms with Gasteiger partial charge in [-0.05, 0) is 44.2 Å². The Morgan fingerprint density at radius 2 is 2.05 bits per heavy atom. The van der Waals surface area contributed by atoms with E-state index in [2.05, 4.69) is 18.9 Å². The van der Waals surface area contributed by atoms with Crippen molar-refractivity contribution in [2.45, 2.75) is 51.6 Å². The fraction of sp³-hybridized carbons (Fsp3) is 0.667. The Morgan fingerprint density at radius 1 is 1.29 bits per heavy atom. The van der Waals surface area contributed by atoms with Gasteiger partial charge in [0.05, 0.1) is 0 Å². The molecule has 2 rings (SSSR count). The van der Waals surface area contributed by atoms with E-state index in [1.165, 1.54) is 31.7 Å². The maximum atomic E-state index is 13.7. The number of halogens is 1. The summed E-state index contributed by atoms with van der Waals surface area (Å²) in [4.78, 5) is 2.22. The molecule has 3 unspecified atom stereocenters. The largest absolute Gasteiger partial charge is 0.327 e. The zero-order valence-electron chi connectivity index (χ0n) is 13.4. The van der Waals surface area contributed by atoms with Crippen molar-refractivity contribution in [1.29, 1.82) is 0 Å². The third kappa shape index (κ3) is 4.79. The normalized spacial score (nSPS) is 26.2. The summed E-state index contributed by atoms with van der Waals surface area (Å²) < 4.78 is 13.7. The van der Waals surface area contributed by atoms with Crippen LogP contribution in [0.4, 0.5) is 4.39 Å². The lowest BCUT2D eigenvalue weighted by atomic mass is 9.76. The van der Waals surface area contributed by atoms with Crippen LogP contribution in [-0.4, -0.2) is 24.5 Å². The van der Waals surface area contributed by atoms with Gasteiger partial charge in [0.25, 0.3) is 0 Å². The van der Waals surface area contributed by atoms with Crippen molar-refractivity contribution >= 4 is 0 Å². The highest BCUT2D eigenvalue weighted by atomic mass is 19.1. The van der Waals surface area contributed by atoms with Gasteiger partial charge in [0.2, 0.25) is 0 Å². The van der Waals surface area contributed by atoms with Gasteiger partial charge in [0.15, 0.2) is 0 Å². The van der Waals surface area contributed by atoms with Crippen LogP contribution in [0, 0.1) is 17.7 Å². The third-order valence-corrected chi connectivity index (χ3v) is 4.79. The van der Waals surface area contributed by atoms with Gasteiger partial charge in [-0.25, -0.2) is 4.39 Å². The Balaban J connectivity index is 1.88. The summed E-state index contributed by atoms with van der Waals surface area (Å²) in [5, 5.41) is 0. The van der Waals surface area contributed by atoms with E-state index in [9.17, 15) is 4.39 Å². The van der Waals surface area contributed by atoms with E-state index in [4.69, 9.17) is 5.73 Å². The van der Waals surface area contributed by atoms with E-state index >= 15 is 0 Å². The number of nitrogens with zero attached hydrogens (tertiary/aromatic N) is 1. The molecule has 0 heterocycles. The van der Waals surface area contributed by atoms with Gasteiger partial charge in [-0.15, -0.1) is 0 Å². The van der Waals surface area contributed by atoms with Crippen molar-refractivity contribution in [2.24, 2.45) is 17.6 Å². The summed E-state index contributed by atoms with van der Waals surface area (Å²) in [6.07, 6.45) is 6.24. The summed E-state index contributed by atoms with van der Waals surface area (Å²) in [6, 6.07) is 7.35. The first-order valence-electron chi connectivity index (χ1n) is 8.27. The fourth-order valence-corrected chi connectivity index (χ4v) is 3.65. The Bertz CT molecular complexity index is 435. The number of nitrogens with two attached hydrogens (primary N) is 1. The summed E-state index contributed by atoms with van der Waals surface area (Å²) in [5.74, 6) is 1.27. The highest BCUT2D eigenvalue weighted by molar-refractivity contribution is 5.17. The lowest BCUT2D eigenvalue weighted by Crippen LogP contribution is -2.42. The van der Waals surface area contributed by atoms with Crippen LogP contribution in [0.1, 0.15) is 44.6 Å². The van der Waals surface area contributed by atoms with Crippen molar-refractivity contribution in [2.75, 3.05) is 13.6 Å². The molecular formula is C18H29FN2. The number of hydrogen-bond donors (Lipinski definition) is 1. The monoisotopic (exact) mass is 292 g/mol. The zero-order valence-corrected chi connectivity index (χ0v) is 13.4. The lowest BCUT2D eigenvalue weighted by molar-refractivity contribution is 0.164.